The molecule has 18 heavy (non-hydrogen) atoms. The van der Waals surface area contributed by atoms with Crippen LogP contribution < -0.4 is 5.32 Å². The molecule has 5 heteroatoms. The van der Waals surface area contributed by atoms with Crippen molar-refractivity contribution in [2.45, 2.75) is 39.7 Å². The summed E-state index contributed by atoms with van der Waals surface area (Å²) in [6, 6.07) is 0. The van der Waals surface area contributed by atoms with Gasteiger partial charge >= 0.3 is 0 Å². The van der Waals surface area contributed by atoms with Gasteiger partial charge in [-0.3, -0.25) is 0 Å². The average molecular weight is 363 g/mol. The Bertz CT molecular complexity index is 396. The smallest absolute Gasteiger partial charge is 0.143 e. The molecule has 1 unspecified atom stereocenters. The Balaban J connectivity index is 3.05. The first-order valence-electron chi connectivity index (χ1n) is 6.23. The highest BCUT2D eigenvalue weighted by Gasteiger charge is 2.14. The molecule has 0 spiro atoms. The monoisotopic (exact) mass is 363 g/mol. The van der Waals surface area contributed by atoms with Crippen molar-refractivity contribution in [1.29, 1.82) is 0 Å². The predicted molar refractivity (Wildman–Crippen MR) is 83.0 cm³/mol. The number of hydrogen-bond donors (Lipinski definition) is 1. The molecular formula is C13H22IN3O. The van der Waals surface area contributed by atoms with Crippen molar-refractivity contribution >= 4 is 28.4 Å². The van der Waals surface area contributed by atoms with Crippen LogP contribution in [0.3, 0.4) is 0 Å². The first kappa shape index (κ1) is 15.6. The highest BCUT2D eigenvalue weighted by atomic mass is 127. The summed E-state index contributed by atoms with van der Waals surface area (Å²) in [7, 11) is 3.61. The lowest BCUT2D eigenvalue weighted by atomic mass is 10.1. The largest absolute Gasteiger partial charge is 0.381 e. The number of hydrogen-bond acceptors (Lipinski definition) is 4. The zero-order valence-corrected chi connectivity index (χ0v) is 13.9. The quantitative estimate of drug-likeness (QED) is 0.790. The summed E-state index contributed by atoms with van der Waals surface area (Å²) in [5.74, 6) is 2.36. The van der Waals surface area contributed by atoms with Crippen LogP contribution in [0.2, 0.25) is 0 Å². The SMILES string of the molecule is CNc1nc(CC(C)OC)nc(CC(C)C)c1I. The topological polar surface area (TPSA) is 47.0 Å². The first-order chi connectivity index (χ1) is 8.47. The number of aromatic nitrogens is 2. The molecule has 1 aromatic heterocycles. The molecule has 0 aromatic carbocycles. The van der Waals surface area contributed by atoms with E-state index in [0.29, 0.717) is 5.92 Å². The van der Waals surface area contributed by atoms with Crippen LogP contribution in [0.5, 0.6) is 0 Å². The number of rotatable bonds is 6. The van der Waals surface area contributed by atoms with E-state index in [1.54, 1.807) is 7.11 Å². The maximum atomic E-state index is 5.28. The number of methoxy groups -OCH3 is 1. The molecule has 0 fully saturated rings. The van der Waals surface area contributed by atoms with Crippen molar-refractivity contribution in [2.24, 2.45) is 5.92 Å². The third kappa shape index (κ3) is 4.35. The number of ether oxygens (including phenoxy) is 1. The summed E-state index contributed by atoms with van der Waals surface area (Å²) in [5, 5.41) is 3.14. The van der Waals surface area contributed by atoms with E-state index in [4.69, 9.17) is 4.74 Å². The number of anilines is 1. The van der Waals surface area contributed by atoms with Gasteiger partial charge in [-0.25, -0.2) is 9.97 Å². The van der Waals surface area contributed by atoms with Crippen LogP contribution in [-0.2, 0) is 17.6 Å². The normalized spacial score (nSPS) is 12.8. The molecule has 1 N–H and O–H groups in total. The number of nitrogens with one attached hydrogen (secondary N) is 1. The van der Waals surface area contributed by atoms with Crippen molar-refractivity contribution in [2.75, 3.05) is 19.5 Å². The van der Waals surface area contributed by atoms with Crippen LogP contribution in [0.25, 0.3) is 0 Å². The Morgan fingerprint density at radius 1 is 1.22 bits per heavy atom. The fraction of sp³-hybridized carbons (Fsp3) is 0.692. The summed E-state index contributed by atoms with van der Waals surface area (Å²) in [4.78, 5) is 9.21. The molecule has 0 saturated carbocycles. The minimum Gasteiger partial charge on any atom is -0.381 e. The van der Waals surface area contributed by atoms with E-state index >= 15 is 0 Å². The highest BCUT2D eigenvalue weighted by Crippen LogP contribution is 2.21. The lowest BCUT2D eigenvalue weighted by Crippen LogP contribution is -2.15. The van der Waals surface area contributed by atoms with Gasteiger partial charge in [0, 0.05) is 20.6 Å². The van der Waals surface area contributed by atoms with E-state index in [9.17, 15) is 0 Å². The van der Waals surface area contributed by atoms with Crippen LogP contribution in [0.1, 0.15) is 32.3 Å². The van der Waals surface area contributed by atoms with Gasteiger partial charge in [-0.15, -0.1) is 0 Å². The van der Waals surface area contributed by atoms with Gasteiger partial charge in [0.05, 0.1) is 15.4 Å². The van der Waals surface area contributed by atoms with Crippen LogP contribution in [0.15, 0.2) is 0 Å². The van der Waals surface area contributed by atoms with E-state index in [0.717, 1.165) is 33.7 Å². The van der Waals surface area contributed by atoms with Crippen molar-refractivity contribution < 1.29 is 4.74 Å². The molecule has 1 atom stereocenters. The van der Waals surface area contributed by atoms with Gasteiger partial charge in [0.2, 0.25) is 0 Å². The maximum Gasteiger partial charge on any atom is 0.143 e. The fourth-order valence-corrected chi connectivity index (χ4v) is 2.40. The third-order valence-electron chi connectivity index (χ3n) is 2.68. The maximum absolute atomic E-state index is 5.28. The Labute approximate surface area is 123 Å². The van der Waals surface area contributed by atoms with Gasteiger partial charge in [0.1, 0.15) is 11.6 Å². The van der Waals surface area contributed by atoms with E-state index in [1.165, 1.54) is 0 Å². The van der Waals surface area contributed by atoms with E-state index in [-0.39, 0.29) is 6.10 Å². The Hall–Kier alpha value is -0.430. The molecule has 1 heterocycles. The molecule has 0 aliphatic heterocycles. The molecule has 0 saturated heterocycles. The summed E-state index contributed by atoms with van der Waals surface area (Å²) < 4.78 is 6.40. The molecule has 0 aliphatic carbocycles. The predicted octanol–water partition coefficient (Wildman–Crippen LogP) is 2.90. The number of halogens is 1. The average Bonchev–Trinajstić information content (AvgIpc) is 2.32. The molecule has 1 rings (SSSR count). The fourth-order valence-electron chi connectivity index (χ4n) is 1.66. The van der Waals surface area contributed by atoms with Gasteiger partial charge in [0.15, 0.2) is 0 Å². The highest BCUT2D eigenvalue weighted by molar-refractivity contribution is 14.1. The van der Waals surface area contributed by atoms with Crippen LogP contribution in [0.4, 0.5) is 5.82 Å². The lowest BCUT2D eigenvalue weighted by molar-refractivity contribution is 0.117. The second-order valence-corrected chi connectivity index (χ2v) is 5.93. The van der Waals surface area contributed by atoms with Gasteiger partial charge in [-0.05, 0) is 41.9 Å². The van der Waals surface area contributed by atoms with Gasteiger partial charge in [-0.1, -0.05) is 13.8 Å². The second-order valence-electron chi connectivity index (χ2n) is 4.85. The molecule has 0 amide bonds. The summed E-state index contributed by atoms with van der Waals surface area (Å²) in [6.45, 7) is 6.44. The van der Waals surface area contributed by atoms with Gasteiger partial charge < -0.3 is 10.1 Å². The summed E-state index contributed by atoms with van der Waals surface area (Å²) in [6.07, 6.45) is 1.86. The van der Waals surface area contributed by atoms with Gasteiger partial charge in [-0.2, -0.15) is 0 Å². The van der Waals surface area contributed by atoms with Crippen molar-refractivity contribution in [3.63, 3.8) is 0 Å². The zero-order chi connectivity index (χ0) is 13.7. The molecule has 0 bridgehead atoms. The second kappa shape index (κ2) is 7.23. The van der Waals surface area contributed by atoms with E-state index < -0.39 is 0 Å². The van der Waals surface area contributed by atoms with Crippen molar-refractivity contribution in [3.8, 4) is 0 Å². The Kier molecular flexibility index (Phi) is 6.28. The zero-order valence-electron chi connectivity index (χ0n) is 11.7. The molecule has 102 valence electrons. The summed E-state index contributed by atoms with van der Waals surface area (Å²) in [5.41, 5.74) is 1.13. The van der Waals surface area contributed by atoms with Crippen LogP contribution in [-0.4, -0.2) is 30.2 Å². The lowest BCUT2D eigenvalue weighted by Gasteiger charge is -2.14. The van der Waals surface area contributed by atoms with Crippen molar-refractivity contribution in [1.82, 2.24) is 9.97 Å². The number of nitrogens with zero attached hydrogens (tertiary/aromatic N) is 2. The van der Waals surface area contributed by atoms with Gasteiger partial charge in [0.25, 0.3) is 0 Å². The molecule has 4 nitrogen and oxygen atoms in total. The Morgan fingerprint density at radius 3 is 2.39 bits per heavy atom. The minimum atomic E-state index is 0.140. The first-order valence-corrected chi connectivity index (χ1v) is 7.31. The van der Waals surface area contributed by atoms with E-state index in [1.807, 2.05) is 14.0 Å². The third-order valence-corrected chi connectivity index (χ3v) is 3.81. The van der Waals surface area contributed by atoms with Crippen LogP contribution in [0, 0.1) is 9.49 Å². The minimum absolute atomic E-state index is 0.140. The molecule has 0 aliphatic rings. The molecular weight excluding hydrogens is 341 g/mol. The van der Waals surface area contributed by atoms with Crippen molar-refractivity contribution in [3.05, 3.63) is 15.1 Å². The summed E-state index contributed by atoms with van der Waals surface area (Å²) >= 11 is 2.32. The Morgan fingerprint density at radius 2 is 1.89 bits per heavy atom. The standard InChI is InChI=1S/C13H22IN3O/c1-8(2)6-10-12(14)13(15-4)17-11(16-10)7-9(3)18-5/h8-9H,6-7H2,1-5H3,(H,15,16,17). The van der Waals surface area contributed by atoms with Crippen LogP contribution >= 0.6 is 22.6 Å². The molecule has 0 radical (unpaired) electrons. The molecule has 1 aromatic rings. The van der Waals surface area contributed by atoms with E-state index in [2.05, 4.69) is 51.7 Å².